The molecule has 0 aliphatic heterocycles. The third-order valence-electron chi connectivity index (χ3n) is 13.0. The fraction of sp³-hybridized carbons (Fsp3) is 0.0159. The molecule has 0 atom stereocenters. The van der Waals surface area contributed by atoms with Crippen LogP contribution in [0.4, 0.5) is 0 Å². The normalized spacial score (nSPS) is 11.6. The second-order valence-corrected chi connectivity index (χ2v) is 16.8. The van der Waals surface area contributed by atoms with Crippen LogP contribution in [0, 0.1) is 0 Å². The summed E-state index contributed by atoms with van der Waals surface area (Å²) in [6, 6.07) is 90.4. The zero-order chi connectivity index (χ0) is 42.4. The van der Waals surface area contributed by atoms with E-state index >= 15 is 0 Å². The lowest BCUT2D eigenvalue weighted by molar-refractivity contribution is 0.670. The molecule has 1 heteroatoms. The number of rotatable bonds is 8. The summed E-state index contributed by atoms with van der Waals surface area (Å²) in [6.07, 6.45) is 0. The van der Waals surface area contributed by atoms with E-state index in [-0.39, 0.29) is 5.92 Å². The summed E-state index contributed by atoms with van der Waals surface area (Å²) < 4.78 is 6.91. The predicted molar refractivity (Wildman–Crippen MR) is 270 cm³/mol. The highest BCUT2D eigenvalue weighted by atomic mass is 16.3. The van der Waals surface area contributed by atoms with Gasteiger partial charge in [0, 0.05) is 22.3 Å². The molecule has 12 aromatic rings. The van der Waals surface area contributed by atoms with Gasteiger partial charge in [-0.05, 0) is 113 Å². The van der Waals surface area contributed by atoms with Crippen molar-refractivity contribution in [1.82, 2.24) is 0 Å². The summed E-state index contributed by atoms with van der Waals surface area (Å²) in [5, 5.41) is 7.16. The Morgan fingerprint density at radius 3 is 1.30 bits per heavy atom. The van der Waals surface area contributed by atoms with Crippen LogP contribution in [0.2, 0.25) is 0 Å². The van der Waals surface area contributed by atoms with Gasteiger partial charge in [0.2, 0.25) is 0 Å². The van der Waals surface area contributed by atoms with Gasteiger partial charge in [0.25, 0.3) is 0 Å². The molecule has 1 heterocycles. The van der Waals surface area contributed by atoms with E-state index in [4.69, 9.17) is 4.42 Å². The maximum absolute atomic E-state index is 6.91. The molecule has 64 heavy (non-hydrogen) atoms. The first-order valence-electron chi connectivity index (χ1n) is 22.1. The number of fused-ring (bicyclic) bond motifs is 7. The molecule has 0 saturated carbocycles. The van der Waals surface area contributed by atoms with Gasteiger partial charge in [-0.3, -0.25) is 0 Å². The number of hydrogen-bond acceptors (Lipinski definition) is 1. The van der Waals surface area contributed by atoms with E-state index in [0.717, 1.165) is 22.3 Å². The second-order valence-electron chi connectivity index (χ2n) is 16.8. The molecule has 0 aliphatic carbocycles. The van der Waals surface area contributed by atoms with E-state index in [2.05, 4.69) is 249 Å². The first kappa shape index (κ1) is 37.5. The van der Waals surface area contributed by atoms with E-state index in [1.165, 1.54) is 93.5 Å². The van der Waals surface area contributed by atoms with Gasteiger partial charge in [-0.1, -0.05) is 224 Å². The predicted octanol–water partition coefficient (Wildman–Crippen LogP) is 17.4. The standard InChI is InChI=1S/C63H42O/c1-3-14-42(15-4-1)49-20-11-22-51(38-49)44-28-32-47(33-29-44)60(48-34-30-45(31-35-48)52-23-12-21-50(39-52)43-16-5-2-6-17-43)55-25-13-24-53(40-55)58-41-54-19-8-10-27-57(54)62-61-56-26-9-7-18-46(56)36-37-59(61)64-63(58)62/h1-41,60H. The molecule has 12 rings (SSSR count). The minimum absolute atomic E-state index is 0.0232. The Balaban J connectivity index is 0.988. The summed E-state index contributed by atoms with van der Waals surface area (Å²) in [5.74, 6) is -0.0232. The van der Waals surface area contributed by atoms with Gasteiger partial charge in [-0.15, -0.1) is 0 Å². The molecule has 0 aliphatic rings. The van der Waals surface area contributed by atoms with Gasteiger partial charge < -0.3 is 4.42 Å². The first-order chi connectivity index (χ1) is 31.7. The monoisotopic (exact) mass is 814 g/mol. The van der Waals surface area contributed by atoms with Gasteiger partial charge >= 0.3 is 0 Å². The molecule has 1 aromatic heterocycles. The minimum Gasteiger partial charge on any atom is -0.455 e. The highest BCUT2D eigenvalue weighted by Gasteiger charge is 2.22. The summed E-state index contributed by atoms with van der Waals surface area (Å²) in [7, 11) is 0. The lowest BCUT2D eigenvalue weighted by Crippen LogP contribution is -2.04. The fourth-order valence-corrected chi connectivity index (χ4v) is 9.82. The number of furan rings is 1. The van der Waals surface area contributed by atoms with Crippen molar-refractivity contribution in [2.24, 2.45) is 0 Å². The largest absolute Gasteiger partial charge is 0.455 e. The molecule has 0 saturated heterocycles. The lowest BCUT2D eigenvalue weighted by Gasteiger charge is -2.21. The Labute approximate surface area is 373 Å². The highest BCUT2D eigenvalue weighted by molar-refractivity contribution is 6.28. The Hall–Kier alpha value is -8.26. The van der Waals surface area contributed by atoms with Crippen LogP contribution in [0.5, 0.6) is 0 Å². The molecule has 11 aromatic carbocycles. The topological polar surface area (TPSA) is 13.1 Å². The van der Waals surface area contributed by atoms with Crippen LogP contribution in [-0.4, -0.2) is 0 Å². The van der Waals surface area contributed by atoms with Gasteiger partial charge in [0.15, 0.2) is 0 Å². The smallest absolute Gasteiger partial charge is 0.143 e. The molecular formula is C63H42O. The molecule has 0 unspecified atom stereocenters. The molecule has 0 amide bonds. The van der Waals surface area contributed by atoms with Crippen LogP contribution < -0.4 is 0 Å². The van der Waals surface area contributed by atoms with Crippen LogP contribution in [0.25, 0.3) is 99.1 Å². The van der Waals surface area contributed by atoms with Gasteiger partial charge in [0.1, 0.15) is 11.2 Å². The molecule has 0 N–H and O–H groups in total. The van der Waals surface area contributed by atoms with Crippen molar-refractivity contribution < 1.29 is 4.42 Å². The van der Waals surface area contributed by atoms with E-state index in [9.17, 15) is 0 Å². The SMILES string of the molecule is c1ccc(-c2cccc(-c3ccc(C(c4ccc(-c5cccc(-c6ccccc6)c5)cc4)c4cccc(-c5cc6ccccc6c6c5oc5ccc7ccccc7c56)c4)cc3)c2)cc1. The van der Waals surface area contributed by atoms with Crippen molar-refractivity contribution in [2.75, 3.05) is 0 Å². The van der Waals surface area contributed by atoms with Crippen molar-refractivity contribution in [2.45, 2.75) is 5.92 Å². The summed E-state index contributed by atoms with van der Waals surface area (Å²) in [5.41, 5.74) is 17.4. The molecule has 0 radical (unpaired) electrons. The average Bonchev–Trinajstić information content (AvgIpc) is 3.78. The third-order valence-corrected chi connectivity index (χ3v) is 13.0. The van der Waals surface area contributed by atoms with Gasteiger partial charge in [0.05, 0.1) is 0 Å². The zero-order valence-corrected chi connectivity index (χ0v) is 35.2. The second kappa shape index (κ2) is 15.9. The summed E-state index contributed by atoms with van der Waals surface area (Å²) >= 11 is 0. The van der Waals surface area contributed by atoms with E-state index in [0.29, 0.717) is 0 Å². The van der Waals surface area contributed by atoms with Crippen molar-refractivity contribution in [3.8, 4) is 55.6 Å². The minimum atomic E-state index is -0.0232. The Bertz CT molecular complexity index is 3510. The Morgan fingerprint density at radius 2 is 0.719 bits per heavy atom. The molecule has 1 nitrogen and oxygen atoms in total. The molecular weight excluding hydrogens is 773 g/mol. The molecule has 0 spiro atoms. The lowest BCUT2D eigenvalue weighted by atomic mass is 9.82. The quantitative estimate of drug-likeness (QED) is 0.139. The van der Waals surface area contributed by atoms with Crippen LogP contribution in [0.1, 0.15) is 22.6 Å². The average molecular weight is 815 g/mol. The van der Waals surface area contributed by atoms with Crippen molar-refractivity contribution in [1.29, 1.82) is 0 Å². The molecule has 300 valence electrons. The van der Waals surface area contributed by atoms with Gasteiger partial charge in [-0.2, -0.15) is 0 Å². The van der Waals surface area contributed by atoms with Crippen LogP contribution in [-0.2, 0) is 0 Å². The zero-order valence-electron chi connectivity index (χ0n) is 35.2. The van der Waals surface area contributed by atoms with Crippen molar-refractivity contribution in [3.63, 3.8) is 0 Å². The Kier molecular flexibility index (Phi) is 9.31. The number of benzene rings is 11. The Morgan fingerprint density at radius 1 is 0.266 bits per heavy atom. The van der Waals surface area contributed by atoms with Crippen molar-refractivity contribution in [3.05, 3.63) is 265 Å². The van der Waals surface area contributed by atoms with Crippen LogP contribution >= 0.6 is 0 Å². The molecule has 0 fully saturated rings. The van der Waals surface area contributed by atoms with E-state index in [1.807, 2.05) is 0 Å². The first-order valence-corrected chi connectivity index (χ1v) is 22.1. The maximum atomic E-state index is 6.91. The van der Waals surface area contributed by atoms with E-state index in [1.54, 1.807) is 0 Å². The fourth-order valence-electron chi connectivity index (χ4n) is 9.82. The number of hydrogen-bond donors (Lipinski definition) is 0. The van der Waals surface area contributed by atoms with Crippen LogP contribution in [0.3, 0.4) is 0 Å². The van der Waals surface area contributed by atoms with Crippen LogP contribution in [0.15, 0.2) is 253 Å². The van der Waals surface area contributed by atoms with Crippen molar-refractivity contribution >= 4 is 43.5 Å². The highest BCUT2D eigenvalue weighted by Crippen LogP contribution is 2.45. The summed E-state index contributed by atoms with van der Waals surface area (Å²) in [4.78, 5) is 0. The molecule has 0 bridgehead atoms. The summed E-state index contributed by atoms with van der Waals surface area (Å²) in [6.45, 7) is 0. The third kappa shape index (κ3) is 6.76. The maximum Gasteiger partial charge on any atom is 0.143 e. The van der Waals surface area contributed by atoms with Gasteiger partial charge in [-0.25, -0.2) is 0 Å². The van der Waals surface area contributed by atoms with E-state index < -0.39 is 0 Å².